The van der Waals surface area contributed by atoms with Gasteiger partial charge in [0.1, 0.15) is 11.8 Å². The minimum absolute atomic E-state index is 0.285. The van der Waals surface area contributed by atoms with Crippen LogP contribution >= 0.6 is 0 Å². The Morgan fingerprint density at radius 3 is 2.15 bits per heavy atom. The first-order valence-corrected chi connectivity index (χ1v) is 6.42. The maximum atomic E-state index is 12.5. The fourth-order valence-electron chi connectivity index (χ4n) is 3.42. The molecule has 20 heavy (non-hydrogen) atoms. The maximum Gasteiger partial charge on any atom is 0.317 e. The largest absolute Gasteiger partial charge is 0.468 e. The Morgan fingerprint density at radius 2 is 1.65 bits per heavy atom. The van der Waals surface area contributed by atoms with Crippen LogP contribution in [0.5, 0.6) is 0 Å². The number of hydrogen-bond donors (Lipinski definition) is 0. The van der Waals surface area contributed by atoms with E-state index in [0.29, 0.717) is 6.42 Å². The predicted molar refractivity (Wildman–Crippen MR) is 66.8 cm³/mol. The highest BCUT2D eigenvalue weighted by Crippen LogP contribution is 2.41. The SMILES string of the molecule is COC(=O)C1C(=O)C(C(=O)OC)C2C(OC)CC1N2C. The average Bonchev–Trinajstić information content (AvgIpc) is 2.68. The Morgan fingerprint density at radius 1 is 1.10 bits per heavy atom. The summed E-state index contributed by atoms with van der Waals surface area (Å²) in [7, 11) is 5.78. The highest BCUT2D eigenvalue weighted by Gasteiger charge is 2.60. The lowest BCUT2D eigenvalue weighted by Gasteiger charge is -2.39. The fourth-order valence-corrected chi connectivity index (χ4v) is 3.42. The molecule has 112 valence electrons. The van der Waals surface area contributed by atoms with E-state index in [1.54, 1.807) is 7.05 Å². The zero-order chi connectivity index (χ0) is 15.0. The van der Waals surface area contributed by atoms with Crippen LogP contribution < -0.4 is 0 Å². The van der Waals surface area contributed by atoms with Crippen molar-refractivity contribution in [3.8, 4) is 0 Å². The molecule has 2 aliphatic heterocycles. The van der Waals surface area contributed by atoms with Gasteiger partial charge in [-0.1, -0.05) is 0 Å². The van der Waals surface area contributed by atoms with Crippen molar-refractivity contribution in [2.45, 2.75) is 24.6 Å². The molecular formula is C13H19NO6. The summed E-state index contributed by atoms with van der Waals surface area (Å²) < 4.78 is 14.8. The Labute approximate surface area is 117 Å². The number of methoxy groups -OCH3 is 3. The van der Waals surface area contributed by atoms with E-state index in [1.807, 2.05) is 4.90 Å². The molecule has 0 aliphatic carbocycles. The molecule has 2 bridgehead atoms. The highest BCUT2D eigenvalue weighted by molar-refractivity contribution is 6.10. The number of nitrogens with zero attached hydrogens (tertiary/aromatic N) is 1. The number of likely N-dealkylation sites (N-methyl/N-ethyl adjacent to an activating group) is 1. The van der Waals surface area contributed by atoms with E-state index < -0.39 is 35.6 Å². The number of hydrogen-bond acceptors (Lipinski definition) is 7. The van der Waals surface area contributed by atoms with Gasteiger partial charge in [-0.05, 0) is 13.5 Å². The predicted octanol–water partition coefficient (Wildman–Crippen LogP) is -0.765. The van der Waals surface area contributed by atoms with Crippen molar-refractivity contribution >= 4 is 17.7 Å². The minimum Gasteiger partial charge on any atom is -0.468 e. The molecule has 2 fully saturated rings. The van der Waals surface area contributed by atoms with Crippen LogP contribution in [0.25, 0.3) is 0 Å². The number of piperidine rings is 1. The van der Waals surface area contributed by atoms with Gasteiger partial charge in [0, 0.05) is 13.2 Å². The average molecular weight is 285 g/mol. The van der Waals surface area contributed by atoms with Crippen molar-refractivity contribution in [1.29, 1.82) is 0 Å². The number of ether oxygens (including phenoxy) is 3. The summed E-state index contributed by atoms with van der Waals surface area (Å²) in [5.41, 5.74) is 0. The number of rotatable bonds is 3. The Bertz CT molecular complexity index is 437. The standard InChI is InChI=1S/C13H19NO6/c1-14-6-5-7(18-2)10(14)9(13(17)20-4)11(15)8(6)12(16)19-3/h6-10H,5H2,1-4H3. The van der Waals surface area contributed by atoms with E-state index in [-0.39, 0.29) is 12.1 Å². The van der Waals surface area contributed by atoms with Gasteiger partial charge in [-0.25, -0.2) is 0 Å². The van der Waals surface area contributed by atoms with Gasteiger partial charge >= 0.3 is 11.9 Å². The van der Waals surface area contributed by atoms with Gasteiger partial charge in [-0.3, -0.25) is 19.3 Å². The number of carbonyl (C=O) groups excluding carboxylic acids is 3. The van der Waals surface area contributed by atoms with E-state index in [4.69, 9.17) is 14.2 Å². The maximum absolute atomic E-state index is 12.5. The summed E-state index contributed by atoms with van der Waals surface area (Å²) in [4.78, 5) is 38.2. The van der Waals surface area contributed by atoms with Gasteiger partial charge in [0.2, 0.25) is 0 Å². The normalized spacial score (nSPS) is 36.8. The van der Waals surface area contributed by atoms with E-state index in [2.05, 4.69) is 0 Å². The summed E-state index contributed by atoms with van der Waals surface area (Å²) >= 11 is 0. The molecule has 2 saturated heterocycles. The van der Waals surface area contributed by atoms with Gasteiger partial charge < -0.3 is 14.2 Å². The smallest absolute Gasteiger partial charge is 0.317 e. The quantitative estimate of drug-likeness (QED) is 0.497. The summed E-state index contributed by atoms with van der Waals surface area (Å²) in [5.74, 6) is -3.67. The summed E-state index contributed by atoms with van der Waals surface area (Å²) in [6.45, 7) is 0. The van der Waals surface area contributed by atoms with Crippen LogP contribution in [0.2, 0.25) is 0 Å². The van der Waals surface area contributed by atoms with Crippen molar-refractivity contribution in [3.05, 3.63) is 0 Å². The Kier molecular flexibility index (Phi) is 4.10. The van der Waals surface area contributed by atoms with E-state index >= 15 is 0 Å². The van der Waals surface area contributed by atoms with Crippen LogP contribution in [0.15, 0.2) is 0 Å². The number of esters is 2. The van der Waals surface area contributed by atoms with Crippen LogP contribution in [-0.2, 0) is 28.6 Å². The first-order valence-electron chi connectivity index (χ1n) is 6.42. The van der Waals surface area contributed by atoms with Crippen molar-refractivity contribution in [3.63, 3.8) is 0 Å². The number of fused-ring (bicyclic) bond motifs is 2. The topological polar surface area (TPSA) is 82.1 Å². The van der Waals surface area contributed by atoms with Gasteiger partial charge in [0.05, 0.1) is 26.4 Å². The van der Waals surface area contributed by atoms with Gasteiger partial charge in [0.25, 0.3) is 0 Å². The molecule has 0 aromatic rings. The summed E-state index contributed by atoms with van der Waals surface area (Å²) in [6, 6.07) is -0.698. The van der Waals surface area contributed by atoms with E-state index in [1.165, 1.54) is 21.3 Å². The molecule has 7 heteroatoms. The van der Waals surface area contributed by atoms with Gasteiger partial charge in [-0.15, -0.1) is 0 Å². The van der Waals surface area contributed by atoms with Gasteiger partial charge in [0.15, 0.2) is 5.78 Å². The van der Waals surface area contributed by atoms with Crippen molar-refractivity contribution in [1.82, 2.24) is 4.90 Å². The first kappa shape index (κ1) is 14.9. The molecule has 0 N–H and O–H groups in total. The molecule has 2 rings (SSSR count). The molecule has 0 radical (unpaired) electrons. The second-order valence-corrected chi connectivity index (χ2v) is 5.14. The molecule has 2 heterocycles. The van der Waals surface area contributed by atoms with Crippen LogP contribution in [0.3, 0.4) is 0 Å². The number of Topliss-reactive ketones (excluding diaryl/α,β-unsaturated/α-hetero) is 1. The molecule has 0 saturated carbocycles. The molecule has 5 atom stereocenters. The lowest BCUT2D eigenvalue weighted by molar-refractivity contribution is -0.164. The second kappa shape index (κ2) is 5.49. The fraction of sp³-hybridized carbons (Fsp3) is 0.769. The second-order valence-electron chi connectivity index (χ2n) is 5.14. The zero-order valence-corrected chi connectivity index (χ0v) is 12.0. The summed E-state index contributed by atoms with van der Waals surface area (Å²) in [6.07, 6.45) is 0.226. The molecule has 5 unspecified atom stereocenters. The molecule has 0 aromatic carbocycles. The summed E-state index contributed by atoms with van der Waals surface area (Å²) in [5, 5.41) is 0. The third kappa shape index (κ3) is 2.01. The monoisotopic (exact) mass is 285 g/mol. The Balaban J connectivity index is 2.43. The highest BCUT2D eigenvalue weighted by atomic mass is 16.5. The first-order chi connectivity index (χ1) is 9.47. The van der Waals surface area contributed by atoms with Crippen LogP contribution in [-0.4, -0.2) is 69.2 Å². The van der Waals surface area contributed by atoms with Crippen molar-refractivity contribution < 1.29 is 28.6 Å². The van der Waals surface area contributed by atoms with Crippen molar-refractivity contribution in [2.75, 3.05) is 28.4 Å². The van der Waals surface area contributed by atoms with Crippen molar-refractivity contribution in [2.24, 2.45) is 11.8 Å². The van der Waals surface area contributed by atoms with Crippen LogP contribution in [0, 0.1) is 11.8 Å². The lowest BCUT2D eigenvalue weighted by Crippen LogP contribution is -2.59. The lowest BCUT2D eigenvalue weighted by atomic mass is 9.81. The van der Waals surface area contributed by atoms with E-state index in [9.17, 15) is 14.4 Å². The Hall–Kier alpha value is -1.47. The van der Waals surface area contributed by atoms with Gasteiger partial charge in [-0.2, -0.15) is 0 Å². The molecule has 2 aliphatic rings. The van der Waals surface area contributed by atoms with Crippen LogP contribution in [0.4, 0.5) is 0 Å². The molecular weight excluding hydrogens is 266 g/mol. The number of carbonyl (C=O) groups is 3. The number of ketones is 1. The molecule has 0 spiro atoms. The third-order valence-electron chi connectivity index (χ3n) is 4.40. The molecule has 7 nitrogen and oxygen atoms in total. The molecule has 0 aromatic heterocycles. The van der Waals surface area contributed by atoms with Crippen LogP contribution in [0.1, 0.15) is 6.42 Å². The van der Waals surface area contributed by atoms with E-state index in [0.717, 1.165) is 0 Å². The molecule has 0 amide bonds. The zero-order valence-electron chi connectivity index (χ0n) is 12.0. The third-order valence-corrected chi connectivity index (χ3v) is 4.40. The minimum atomic E-state index is -1.02.